The summed E-state index contributed by atoms with van der Waals surface area (Å²) in [5, 5.41) is -0.189. The van der Waals surface area contributed by atoms with Gasteiger partial charge in [-0.25, -0.2) is 13.1 Å². The Morgan fingerprint density at radius 3 is 2.50 bits per heavy atom. The van der Waals surface area contributed by atoms with Gasteiger partial charge in [0.05, 0.1) is 10.2 Å². The summed E-state index contributed by atoms with van der Waals surface area (Å²) in [6.45, 7) is 0.441. The summed E-state index contributed by atoms with van der Waals surface area (Å²) in [6, 6.07) is 0. The molecule has 0 aromatic rings. The van der Waals surface area contributed by atoms with Crippen LogP contribution in [0.4, 0.5) is 0 Å². The second kappa shape index (κ2) is 6.51. The predicted octanol–water partition coefficient (Wildman–Crippen LogP) is 1.30. The Bertz CT molecular complexity index is 322. The molecule has 6 heteroatoms. The Hall–Kier alpha value is -0.200. The summed E-state index contributed by atoms with van der Waals surface area (Å²) in [6.07, 6.45) is 6.09. The highest BCUT2D eigenvalue weighted by Gasteiger charge is 2.26. The van der Waals surface area contributed by atoms with Crippen molar-refractivity contribution in [3.8, 4) is 0 Å². The van der Waals surface area contributed by atoms with E-state index in [0.717, 1.165) is 32.1 Å². The van der Waals surface area contributed by atoms with Crippen molar-refractivity contribution >= 4 is 27.2 Å². The van der Waals surface area contributed by atoms with Crippen molar-refractivity contribution in [1.29, 1.82) is 0 Å². The van der Waals surface area contributed by atoms with Gasteiger partial charge in [0.15, 0.2) is 0 Å². The first kappa shape index (κ1) is 13.9. The summed E-state index contributed by atoms with van der Waals surface area (Å²) in [5.41, 5.74) is 5.34. The highest BCUT2D eigenvalue weighted by atomic mass is 32.2. The van der Waals surface area contributed by atoms with E-state index in [-0.39, 0.29) is 5.25 Å². The Labute approximate surface area is 103 Å². The van der Waals surface area contributed by atoms with Crippen LogP contribution in [0.3, 0.4) is 0 Å². The van der Waals surface area contributed by atoms with Crippen LogP contribution in [0.5, 0.6) is 0 Å². The average Bonchev–Trinajstić information content (AvgIpc) is 2.26. The van der Waals surface area contributed by atoms with E-state index in [1.54, 1.807) is 0 Å². The van der Waals surface area contributed by atoms with Gasteiger partial charge in [0.1, 0.15) is 0 Å². The molecule has 0 saturated heterocycles. The van der Waals surface area contributed by atoms with Gasteiger partial charge in [0, 0.05) is 6.54 Å². The van der Waals surface area contributed by atoms with E-state index in [0.29, 0.717) is 24.4 Å². The fourth-order valence-electron chi connectivity index (χ4n) is 1.97. The van der Waals surface area contributed by atoms with Crippen molar-refractivity contribution in [3.63, 3.8) is 0 Å². The Balaban J connectivity index is 2.30. The first-order valence-electron chi connectivity index (χ1n) is 5.79. The summed E-state index contributed by atoms with van der Waals surface area (Å²) >= 11 is 4.73. The lowest BCUT2D eigenvalue weighted by Crippen LogP contribution is -2.36. The van der Waals surface area contributed by atoms with Gasteiger partial charge in [0.2, 0.25) is 10.0 Å². The lowest BCUT2D eigenvalue weighted by molar-refractivity contribution is 0.477. The highest BCUT2D eigenvalue weighted by molar-refractivity contribution is 7.90. The fraction of sp³-hybridized carbons (Fsp3) is 0.900. The van der Waals surface area contributed by atoms with Crippen LogP contribution < -0.4 is 10.5 Å². The van der Waals surface area contributed by atoms with Crippen molar-refractivity contribution < 1.29 is 8.42 Å². The van der Waals surface area contributed by atoms with E-state index in [1.165, 1.54) is 0 Å². The monoisotopic (exact) mass is 264 g/mol. The molecule has 1 saturated carbocycles. The van der Waals surface area contributed by atoms with Gasteiger partial charge in [-0.3, -0.25) is 0 Å². The molecule has 94 valence electrons. The summed E-state index contributed by atoms with van der Waals surface area (Å²) < 4.78 is 26.4. The second-order valence-electron chi connectivity index (χ2n) is 4.27. The lowest BCUT2D eigenvalue weighted by Gasteiger charge is -2.21. The zero-order valence-electron chi connectivity index (χ0n) is 9.44. The molecule has 4 nitrogen and oxygen atoms in total. The van der Waals surface area contributed by atoms with Gasteiger partial charge in [-0.05, 0) is 25.7 Å². The number of sulfonamides is 1. The molecule has 16 heavy (non-hydrogen) atoms. The van der Waals surface area contributed by atoms with Crippen LogP contribution in [0.1, 0.15) is 44.9 Å². The molecular formula is C10H20N2O2S2. The van der Waals surface area contributed by atoms with Crippen molar-refractivity contribution in [3.05, 3.63) is 0 Å². The molecule has 0 radical (unpaired) electrons. The smallest absolute Gasteiger partial charge is 0.214 e. The molecule has 0 aromatic heterocycles. The maximum atomic E-state index is 11.9. The molecule has 0 spiro atoms. The van der Waals surface area contributed by atoms with Crippen LogP contribution >= 0.6 is 12.2 Å². The highest BCUT2D eigenvalue weighted by Crippen LogP contribution is 2.22. The van der Waals surface area contributed by atoms with E-state index in [4.69, 9.17) is 18.0 Å². The van der Waals surface area contributed by atoms with Crippen molar-refractivity contribution in [2.45, 2.75) is 50.2 Å². The van der Waals surface area contributed by atoms with Gasteiger partial charge >= 0.3 is 0 Å². The third kappa shape index (κ3) is 4.76. The molecule has 1 fully saturated rings. The van der Waals surface area contributed by atoms with E-state index in [1.807, 2.05) is 0 Å². The largest absolute Gasteiger partial charge is 0.393 e. The zero-order valence-corrected chi connectivity index (χ0v) is 11.1. The van der Waals surface area contributed by atoms with Crippen LogP contribution in [0.25, 0.3) is 0 Å². The maximum absolute atomic E-state index is 11.9. The summed E-state index contributed by atoms with van der Waals surface area (Å²) in [7, 11) is -3.12. The van der Waals surface area contributed by atoms with Crippen LogP contribution in [-0.2, 0) is 10.0 Å². The first-order valence-corrected chi connectivity index (χ1v) is 7.74. The van der Waals surface area contributed by atoms with Gasteiger partial charge in [-0.15, -0.1) is 0 Å². The normalized spacial score (nSPS) is 18.5. The minimum atomic E-state index is -3.12. The predicted molar refractivity (Wildman–Crippen MR) is 69.8 cm³/mol. The molecule has 0 bridgehead atoms. The van der Waals surface area contributed by atoms with E-state index in [2.05, 4.69) is 4.72 Å². The van der Waals surface area contributed by atoms with Crippen molar-refractivity contribution in [2.75, 3.05) is 6.54 Å². The molecule has 0 aromatic carbocycles. The second-order valence-corrected chi connectivity index (χ2v) is 6.84. The minimum absolute atomic E-state index is 0.189. The van der Waals surface area contributed by atoms with E-state index in [9.17, 15) is 8.42 Å². The van der Waals surface area contributed by atoms with Crippen LogP contribution in [0.2, 0.25) is 0 Å². The number of nitrogens with two attached hydrogens (primary N) is 1. The molecular weight excluding hydrogens is 244 g/mol. The van der Waals surface area contributed by atoms with Crippen LogP contribution in [0.15, 0.2) is 0 Å². The molecule has 3 N–H and O–H groups in total. The van der Waals surface area contributed by atoms with E-state index < -0.39 is 10.0 Å². The lowest BCUT2D eigenvalue weighted by atomic mass is 10.0. The Morgan fingerprint density at radius 1 is 1.31 bits per heavy atom. The minimum Gasteiger partial charge on any atom is -0.393 e. The number of hydrogen-bond acceptors (Lipinski definition) is 3. The van der Waals surface area contributed by atoms with Gasteiger partial charge in [-0.2, -0.15) is 0 Å². The number of nitrogens with one attached hydrogen (secondary N) is 1. The van der Waals surface area contributed by atoms with Gasteiger partial charge < -0.3 is 5.73 Å². The van der Waals surface area contributed by atoms with Crippen LogP contribution in [0, 0.1) is 0 Å². The quantitative estimate of drug-likeness (QED) is 0.560. The van der Waals surface area contributed by atoms with Crippen LogP contribution in [-0.4, -0.2) is 25.2 Å². The van der Waals surface area contributed by atoms with Gasteiger partial charge in [0.25, 0.3) is 0 Å². The molecule has 1 rings (SSSR count). The molecule has 1 aliphatic carbocycles. The summed E-state index contributed by atoms with van der Waals surface area (Å²) in [5.74, 6) is 0. The molecule has 0 atom stereocenters. The Morgan fingerprint density at radius 2 is 1.94 bits per heavy atom. The molecule has 0 aliphatic heterocycles. The average molecular weight is 264 g/mol. The summed E-state index contributed by atoms with van der Waals surface area (Å²) in [4.78, 5) is 0.442. The topological polar surface area (TPSA) is 72.2 Å². The number of rotatable bonds is 6. The SMILES string of the molecule is NC(=S)CCCNS(=O)(=O)C1CCCCC1. The number of hydrogen-bond donors (Lipinski definition) is 2. The van der Waals surface area contributed by atoms with Crippen molar-refractivity contribution in [2.24, 2.45) is 5.73 Å². The van der Waals surface area contributed by atoms with Crippen molar-refractivity contribution in [1.82, 2.24) is 4.72 Å². The molecule has 1 aliphatic rings. The molecule has 0 amide bonds. The first-order chi connectivity index (χ1) is 7.52. The standard InChI is InChI=1S/C10H20N2O2S2/c11-10(15)7-4-8-12-16(13,14)9-5-2-1-3-6-9/h9,12H,1-8H2,(H2,11,15). The maximum Gasteiger partial charge on any atom is 0.214 e. The van der Waals surface area contributed by atoms with E-state index >= 15 is 0 Å². The zero-order chi connectivity index (χ0) is 12.0. The van der Waals surface area contributed by atoms with Gasteiger partial charge in [-0.1, -0.05) is 31.5 Å². The third-order valence-electron chi connectivity index (χ3n) is 2.89. The fourth-order valence-corrected chi connectivity index (χ4v) is 3.73. The molecule has 0 heterocycles. The number of thiocarbonyl (C=S) groups is 1. The molecule has 0 unspecified atom stereocenters. The third-order valence-corrected chi connectivity index (χ3v) is 5.05. The Kier molecular flexibility index (Phi) is 5.64.